The molecule has 0 bridgehead atoms. The zero-order valence-electron chi connectivity index (χ0n) is 11.3. The fraction of sp³-hybridized carbons (Fsp3) is 0.0625. The van der Waals surface area contributed by atoms with E-state index in [9.17, 15) is 0 Å². The summed E-state index contributed by atoms with van der Waals surface area (Å²) in [6.07, 6.45) is 2.15. The van der Waals surface area contributed by atoms with Crippen molar-refractivity contribution in [3.63, 3.8) is 0 Å². The summed E-state index contributed by atoms with van der Waals surface area (Å²) in [5, 5.41) is 0. The molecule has 0 unspecified atom stereocenters. The predicted molar refractivity (Wildman–Crippen MR) is 81.3 cm³/mol. The zero-order chi connectivity index (χ0) is 13.5. The van der Waals surface area contributed by atoms with Crippen LogP contribution in [-0.2, 0) is 0 Å². The fourth-order valence-corrected chi connectivity index (χ4v) is 3.45. The van der Waals surface area contributed by atoms with Gasteiger partial charge in [0.15, 0.2) is 11.2 Å². The Kier molecular flexibility index (Phi) is 3.69. The van der Waals surface area contributed by atoms with Crippen LogP contribution < -0.4 is 26.1 Å². The normalized spacial score (nSPS) is 10.7. The molecule has 0 amide bonds. The van der Waals surface area contributed by atoms with Crippen LogP contribution in [-0.4, -0.2) is 12.1 Å². The van der Waals surface area contributed by atoms with Gasteiger partial charge in [0.25, 0.3) is 0 Å². The van der Waals surface area contributed by atoms with Crippen LogP contribution in [0.15, 0.2) is 54.7 Å². The highest BCUT2D eigenvalue weighted by molar-refractivity contribution is 7.22. The lowest BCUT2D eigenvalue weighted by molar-refractivity contribution is -0.475. The number of benzene rings is 2. The monoisotopic (exact) mass is 360 g/mol. The minimum absolute atomic E-state index is 0. The molecule has 0 saturated carbocycles. The maximum absolute atomic E-state index is 5.19. The summed E-state index contributed by atoms with van der Waals surface area (Å²) in [6, 6.07) is 16.5. The van der Waals surface area contributed by atoms with E-state index < -0.39 is 0 Å². The van der Waals surface area contributed by atoms with Gasteiger partial charge in [0, 0.05) is 5.56 Å². The van der Waals surface area contributed by atoms with Crippen LogP contribution in [0.1, 0.15) is 0 Å². The van der Waals surface area contributed by atoms with Crippen molar-refractivity contribution >= 4 is 26.5 Å². The average molecular weight is 361 g/mol. The summed E-state index contributed by atoms with van der Waals surface area (Å²) in [5.74, 6) is 0.875. The molecule has 0 aliphatic rings. The Hall–Kier alpha value is -1.85. The standard InChI is InChI=1S/C16H12N2OS.BrH/c1-19-12-8-6-11(7-9-12)13-10-18-14-4-2-3-5-15(14)20-16(18)17-13;/h2-10H,1H3;1H. The second-order valence-corrected chi connectivity index (χ2v) is 5.67. The summed E-state index contributed by atoms with van der Waals surface area (Å²) in [7, 11) is 1.68. The van der Waals surface area contributed by atoms with E-state index in [0.29, 0.717) is 0 Å². The third-order valence-corrected chi connectivity index (χ3v) is 4.51. The van der Waals surface area contributed by atoms with Crippen LogP contribution in [0.2, 0.25) is 0 Å². The SMILES string of the molecule is COc1ccc(-c2c[n+]3c([nH]2)sc2ccccc23)cc1.[Br-]. The number of ether oxygens (including phenoxy) is 1. The molecule has 0 spiro atoms. The Labute approximate surface area is 136 Å². The Bertz CT molecular complexity index is 896. The van der Waals surface area contributed by atoms with Crippen molar-refractivity contribution in [1.29, 1.82) is 0 Å². The molecule has 3 nitrogen and oxygen atoms in total. The summed E-state index contributed by atoms with van der Waals surface area (Å²) in [5.41, 5.74) is 3.51. The number of aromatic nitrogens is 2. The fourth-order valence-electron chi connectivity index (χ4n) is 2.41. The zero-order valence-corrected chi connectivity index (χ0v) is 13.7. The van der Waals surface area contributed by atoms with Crippen molar-refractivity contribution in [1.82, 2.24) is 4.98 Å². The molecule has 1 N–H and O–H groups in total. The molecule has 2 heterocycles. The molecule has 0 aliphatic heterocycles. The van der Waals surface area contributed by atoms with Crippen molar-refractivity contribution < 1.29 is 26.1 Å². The van der Waals surface area contributed by atoms with Gasteiger partial charge in [-0.1, -0.05) is 12.1 Å². The van der Waals surface area contributed by atoms with Crippen LogP contribution in [0.4, 0.5) is 0 Å². The summed E-state index contributed by atoms with van der Waals surface area (Å²) >= 11 is 1.77. The van der Waals surface area contributed by atoms with Gasteiger partial charge in [-0.15, -0.1) is 0 Å². The molecule has 0 atom stereocenters. The molecule has 4 aromatic rings. The van der Waals surface area contributed by atoms with Crippen LogP contribution in [0, 0.1) is 0 Å². The number of imidazole rings is 1. The average Bonchev–Trinajstić information content (AvgIpc) is 3.05. The first kappa shape index (κ1) is 14.1. The lowest BCUT2D eigenvalue weighted by atomic mass is 10.2. The van der Waals surface area contributed by atoms with E-state index in [1.54, 1.807) is 18.4 Å². The first-order valence-corrected chi connectivity index (χ1v) is 7.23. The number of hydrogen-bond donors (Lipinski definition) is 1. The van der Waals surface area contributed by atoms with Crippen molar-refractivity contribution in [3.05, 3.63) is 54.7 Å². The van der Waals surface area contributed by atoms with Crippen molar-refractivity contribution in [2.24, 2.45) is 0 Å². The van der Waals surface area contributed by atoms with E-state index in [0.717, 1.165) is 22.0 Å². The lowest BCUT2D eigenvalue weighted by Gasteiger charge is -1.98. The van der Waals surface area contributed by atoms with Crippen molar-refractivity contribution in [2.75, 3.05) is 7.11 Å². The number of methoxy groups -OCH3 is 1. The van der Waals surface area contributed by atoms with E-state index >= 15 is 0 Å². The summed E-state index contributed by atoms with van der Waals surface area (Å²) in [6.45, 7) is 0. The van der Waals surface area contributed by atoms with Crippen molar-refractivity contribution in [2.45, 2.75) is 0 Å². The maximum atomic E-state index is 5.19. The number of fused-ring (bicyclic) bond motifs is 3. The Morgan fingerprint density at radius 2 is 1.81 bits per heavy atom. The number of nitrogens with one attached hydrogen (secondary N) is 1. The highest BCUT2D eigenvalue weighted by atomic mass is 79.9. The van der Waals surface area contributed by atoms with Crippen LogP contribution >= 0.6 is 11.3 Å². The van der Waals surface area contributed by atoms with Gasteiger partial charge >= 0.3 is 4.96 Å². The minimum atomic E-state index is 0. The maximum Gasteiger partial charge on any atom is 0.344 e. The second-order valence-electron chi connectivity index (χ2n) is 4.64. The number of nitrogens with zero attached hydrogens (tertiary/aromatic N) is 1. The van der Waals surface area contributed by atoms with Gasteiger partial charge < -0.3 is 21.7 Å². The molecular weight excluding hydrogens is 348 g/mol. The molecule has 4 rings (SSSR count). The van der Waals surface area contributed by atoms with Crippen LogP contribution in [0.3, 0.4) is 0 Å². The predicted octanol–water partition coefficient (Wildman–Crippen LogP) is 0.648. The number of halogens is 1. The quantitative estimate of drug-likeness (QED) is 0.522. The van der Waals surface area contributed by atoms with Gasteiger partial charge in [0.1, 0.15) is 11.9 Å². The molecule has 0 saturated heterocycles. The number of rotatable bonds is 2. The smallest absolute Gasteiger partial charge is 0.344 e. The highest BCUT2D eigenvalue weighted by Crippen LogP contribution is 2.25. The molecular formula is C16H13BrN2OS. The number of hydrogen-bond acceptors (Lipinski definition) is 2. The Morgan fingerprint density at radius 1 is 1.05 bits per heavy atom. The van der Waals surface area contributed by atoms with E-state index in [1.165, 1.54) is 10.2 Å². The van der Waals surface area contributed by atoms with Gasteiger partial charge in [-0.25, -0.2) is 4.98 Å². The van der Waals surface area contributed by atoms with E-state index in [4.69, 9.17) is 4.74 Å². The van der Waals surface area contributed by atoms with E-state index in [-0.39, 0.29) is 17.0 Å². The van der Waals surface area contributed by atoms with Crippen molar-refractivity contribution in [3.8, 4) is 17.0 Å². The first-order chi connectivity index (χ1) is 9.85. The molecule has 0 radical (unpaired) electrons. The molecule has 2 aromatic carbocycles. The third kappa shape index (κ3) is 2.32. The molecule has 2 aromatic heterocycles. The first-order valence-electron chi connectivity index (χ1n) is 6.41. The molecule has 106 valence electrons. The summed E-state index contributed by atoms with van der Waals surface area (Å²) in [4.78, 5) is 4.63. The largest absolute Gasteiger partial charge is 1.00 e. The Morgan fingerprint density at radius 3 is 2.57 bits per heavy atom. The number of para-hydroxylation sites is 1. The van der Waals surface area contributed by atoms with Gasteiger partial charge in [0.05, 0.1) is 11.8 Å². The molecule has 0 fully saturated rings. The molecule has 21 heavy (non-hydrogen) atoms. The minimum Gasteiger partial charge on any atom is -1.00 e. The van der Waals surface area contributed by atoms with Gasteiger partial charge in [-0.05, 0) is 47.7 Å². The topological polar surface area (TPSA) is 29.1 Å². The van der Waals surface area contributed by atoms with E-state index in [2.05, 4.69) is 52.0 Å². The van der Waals surface area contributed by atoms with Crippen LogP contribution in [0.5, 0.6) is 5.75 Å². The molecule has 5 heteroatoms. The second kappa shape index (κ2) is 5.50. The number of thiazole rings is 1. The number of H-pyrrole nitrogens is 1. The van der Waals surface area contributed by atoms with Gasteiger partial charge in [-0.3, -0.25) is 0 Å². The third-order valence-electron chi connectivity index (χ3n) is 3.45. The summed E-state index contributed by atoms with van der Waals surface area (Å²) < 4.78 is 8.69. The highest BCUT2D eigenvalue weighted by Gasteiger charge is 2.16. The van der Waals surface area contributed by atoms with E-state index in [1.807, 2.05) is 12.1 Å². The Balaban J connectivity index is 0.00000132. The van der Waals surface area contributed by atoms with Gasteiger partial charge in [-0.2, -0.15) is 4.40 Å². The van der Waals surface area contributed by atoms with Crippen LogP contribution in [0.25, 0.3) is 26.4 Å². The lowest BCUT2D eigenvalue weighted by Crippen LogP contribution is -3.00. The number of aromatic amines is 1. The van der Waals surface area contributed by atoms with Gasteiger partial charge in [0.2, 0.25) is 0 Å². The molecule has 0 aliphatic carbocycles.